The van der Waals surface area contributed by atoms with Gasteiger partial charge in [0.15, 0.2) is 5.82 Å². The van der Waals surface area contributed by atoms with Gasteiger partial charge in [-0.15, -0.1) is 0 Å². The molecule has 1 saturated carbocycles. The van der Waals surface area contributed by atoms with Crippen LogP contribution in [0.5, 0.6) is 0 Å². The molecule has 2 aromatic heterocycles. The normalized spacial score (nSPS) is 15.9. The monoisotopic (exact) mass is 338 g/mol. The molecule has 4 nitrogen and oxygen atoms in total. The molecule has 1 aliphatic carbocycles. The van der Waals surface area contributed by atoms with Crippen molar-refractivity contribution in [3.8, 4) is 0 Å². The van der Waals surface area contributed by atoms with Gasteiger partial charge in [0.05, 0.1) is 0 Å². The van der Waals surface area contributed by atoms with Crippen LogP contribution in [0.1, 0.15) is 64.1 Å². The molecule has 110 valence electrons. The van der Waals surface area contributed by atoms with Crippen molar-refractivity contribution >= 4 is 27.3 Å². The number of nitrogens with two attached hydrogens (primary N) is 1. The van der Waals surface area contributed by atoms with Gasteiger partial charge in [-0.05, 0) is 28.8 Å². The van der Waals surface area contributed by atoms with Gasteiger partial charge in [0.1, 0.15) is 15.9 Å². The number of anilines is 1. The fourth-order valence-corrected chi connectivity index (χ4v) is 3.27. The molecule has 2 heterocycles. The summed E-state index contributed by atoms with van der Waals surface area (Å²) < 4.78 is 2.89. The molecule has 0 aliphatic heterocycles. The Bertz CT molecular complexity index is 558. The lowest BCUT2D eigenvalue weighted by atomic mass is 9.89. The van der Waals surface area contributed by atoms with Gasteiger partial charge in [-0.1, -0.05) is 39.5 Å². The predicted molar refractivity (Wildman–Crippen MR) is 86.9 cm³/mol. The van der Waals surface area contributed by atoms with Crippen molar-refractivity contribution < 1.29 is 0 Å². The standard InChI is InChI=1S/C12H15BrN4.C3H8/c13-10-9-11(14)15-6-7-17(9)12(16-10)8-4-2-1-3-5-8;1-3-2/h6-8H,1-5H2,(H2,14,15);3H2,1-2H3. The Hall–Kier alpha value is -1.10. The fourth-order valence-electron chi connectivity index (χ4n) is 2.69. The van der Waals surface area contributed by atoms with Crippen LogP contribution in [0.25, 0.3) is 5.52 Å². The molecule has 0 amide bonds. The SMILES string of the molecule is CCC.Nc1nccn2c(C3CCCCC3)nc(Br)c12. The summed E-state index contributed by atoms with van der Waals surface area (Å²) in [4.78, 5) is 8.75. The number of hydrogen-bond acceptors (Lipinski definition) is 3. The molecule has 3 rings (SSSR count). The van der Waals surface area contributed by atoms with Crippen LogP contribution >= 0.6 is 15.9 Å². The van der Waals surface area contributed by atoms with Crippen LogP contribution in [-0.2, 0) is 0 Å². The highest BCUT2D eigenvalue weighted by atomic mass is 79.9. The van der Waals surface area contributed by atoms with Gasteiger partial charge in [-0.2, -0.15) is 0 Å². The summed E-state index contributed by atoms with van der Waals surface area (Å²) in [6.45, 7) is 4.25. The van der Waals surface area contributed by atoms with E-state index in [4.69, 9.17) is 5.73 Å². The van der Waals surface area contributed by atoms with Gasteiger partial charge >= 0.3 is 0 Å². The van der Waals surface area contributed by atoms with Crippen molar-refractivity contribution in [2.24, 2.45) is 0 Å². The summed E-state index contributed by atoms with van der Waals surface area (Å²) in [5.74, 6) is 2.22. The third kappa shape index (κ3) is 3.14. The van der Waals surface area contributed by atoms with Crippen molar-refractivity contribution in [1.82, 2.24) is 14.4 Å². The molecule has 0 saturated heterocycles. The van der Waals surface area contributed by atoms with Crippen LogP contribution in [-0.4, -0.2) is 14.4 Å². The predicted octanol–water partition coefficient (Wildman–Crippen LogP) is 4.54. The number of fused-ring (bicyclic) bond motifs is 1. The van der Waals surface area contributed by atoms with Crippen molar-refractivity contribution in [3.05, 3.63) is 22.8 Å². The lowest BCUT2D eigenvalue weighted by Gasteiger charge is -2.20. The third-order valence-electron chi connectivity index (χ3n) is 3.54. The topological polar surface area (TPSA) is 56.2 Å². The van der Waals surface area contributed by atoms with E-state index in [2.05, 4.69) is 44.1 Å². The van der Waals surface area contributed by atoms with E-state index in [0.29, 0.717) is 11.7 Å². The molecule has 1 aliphatic rings. The lowest BCUT2D eigenvalue weighted by molar-refractivity contribution is 0.427. The van der Waals surface area contributed by atoms with E-state index in [9.17, 15) is 0 Å². The highest BCUT2D eigenvalue weighted by Crippen LogP contribution is 2.34. The second kappa shape index (κ2) is 7.07. The average molecular weight is 339 g/mol. The van der Waals surface area contributed by atoms with Crippen molar-refractivity contribution in [2.75, 3.05) is 5.73 Å². The van der Waals surface area contributed by atoms with Crippen LogP contribution in [0, 0.1) is 0 Å². The number of halogens is 1. The first-order valence-corrected chi connectivity index (χ1v) is 8.26. The Morgan fingerprint density at radius 1 is 1.30 bits per heavy atom. The van der Waals surface area contributed by atoms with Gasteiger partial charge in [0, 0.05) is 18.3 Å². The van der Waals surface area contributed by atoms with E-state index in [0.717, 1.165) is 15.9 Å². The zero-order chi connectivity index (χ0) is 14.5. The van der Waals surface area contributed by atoms with E-state index < -0.39 is 0 Å². The number of nitrogens with zero attached hydrogens (tertiary/aromatic N) is 3. The second-order valence-corrected chi connectivity index (χ2v) is 6.09. The van der Waals surface area contributed by atoms with E-state index in [1.165, 1.54) is 38.5 Å². The van der Waals surface area contributed by atoms with Crippen LogP contribution < -0.4 is 5.73 Å². The van der Waals surface area contributed by atoms with Gasteiger partial charge < -0.3 is 5.73 Å². The minimum absolute atomic E-state index is 0.536. The zero-order valence-electron chi connectivity index (χ0n) is 12.3. The molecular weight excluding hydrogens is 316 g/mol. The summed E-state index contributed by atoms with van der Waals surface area (Å²) in [5, 5.41) is 0. The first-order valence-electron chi connectivity index (χ1n) is 7.46. The quantitative estimate of drug-likeness (QED) is 0.830. The highest BCUT2D eigenvalue weighted by molar-refractivity contribution is 9.10. The molecule has 0 bridgehead atoms. The second-order valence-electron chi connectivity index (χ2n) is 5.33. The Balaban J connectivity index is 0.000000452. The summed E-state index contributed by atoms with van der Waals surface area (Å²) >= 11 is 3.48. The average Bonchev–Trinajstić information content (AvgIpc) is 2.79. The van der Waals surface area contributed by atoms with E-state index in [1.807, 2.05) is 6.20 Å². The summed E-state index contributed by atoms with van der Waals surface area (Å²) in [5.41, 5.74) is 6.79. The molecule has 0 radical (unpaired) electrons. The highest BCUT2D eigenvalue weighted by Gasteiger charge is 2.22. The summed E-state index contributed by atoms with van der Waals surface area (Å²) in [6, 6.07) is 0. The Labute approximate surface area is 128 Å². The minimum atomic E-state index is 0.536. The van der Waals surface area contributed by atoms with Gasteiger partial charge in [0.25, 0.3) is 0 Å². The van der Waals surface area contributed by atoms with Crippen LogP contribution in [0.4, 0.5) is 5.82 Å². The van der Waals surface area contributed by atoms with Gasteiger partial charge in [-0.25, -0.2) is 9.97 Å². The zero-order valence-corrected chi connectivity index (χ0v) is 13.9. The van der Waals surface area contributed by atoms with Crippen molar-refractivity contribution in [1.29, 1.82) is 0 Å². The maximum Gasteiger partial charge on any atom is 0.150 e. The first-order chi connectivity index (χ1) is 9.69. The van der Waals surface area contributed by atoms with E-state index in [-0.39, 0.29) is 0 Å². The molecule has 20 heavy (non-hydrogen) atoms. The van der Waals surface area contributed by atoms with Crippen LogP contribution in [0.15, 0.2) is 17.0 Å². The fraction of sp³-hybridized carbons (Fsp3) is 0.600. The largest absolute Gasteiger partial charge is 0.382 e. The van der Waals surface area contributed by atoms with Crippen LogP contribution in [0.2, 0.25) is 0 Å². The molecule has 0 atom stereocenters. The van der Waals surface area contributed by atoms with Crippen LogP contribution in [0.3, 0.4) is 0 Å². The minimum Gasteiger partial charge on any atom is -0.382 e. The molecule has 2 aromatic rings. The maximum atomic E-state index is 5.90. The molecule has 2 N–H and O–H groups in total. The number of aromatic nitrogens is 3. The molecule has 0 unspecified atom stereocenters. The first kappa shape index (κ1) is 15.3. The Kier molecular flexibility index (Phi) is 5.40. The lowest BCUT2D eigenvalue weighted by Crippen LogP contribution is -2.09. The van der Waals surface area contributed by atoms with Crippen molar-refractivity contribution in [3.63, 3.8) is 0 Å². The molecule has 1 fully saturated rings. The van der Waals surface area contributed by atoms with E-state index >= 15 is 0 Å². The summed E-state index contributed by atoms with van der Waals surface area (Å²) in [6.07, 6.45) is 11.4. The van der Waals surface area contributed by atoms with Gasteiger partial charge in [-0.3, -0.25) is 4.40 Å². The number of nitrogen functional groups attached to an aromatic ring is 1. The Morgan fingerprint density at radius 2 is 1.95 bits per heavy atom. The number of hydrogen-bond donors (Lipinski definition) is 1. The molecule has 0 aromatic carbocycles. The molecule has 5 heteroatoms. The number of imidazole rings is 1. The smallest absolute Gasteiger partial charge is 0.150 e. The maximum absolute atomic E-state index is 5.90. The van der Waals surface area contributed by atoms with Crippen molar-refractivity contribution in [2.45, 2.75) is 58.3 Å². The third-order valence-corrected chi connectivity index (χ3v) is 4.09. The Morgan fingerprint density at radius 3 is 2.60 bits per heavy atom. The molecule has 0 spiro atoms. The van der Waals surface area contributed by atoms with Gasteiger partial charge in [0.2, 0.25) is 0 Å². The molecular formula is C15H23BrN4. The summed E-state index contributed by atoms with van der Waals surface area (Å²) in [7, 11) is 0. The van der Waals surface area contributed by atoms with E-state index in [1.54, 1.807) is 6.20 Å². The number of rotatable bonds is 1.